The number of thiocarbonyl (C=S) groups is 1. The van der Waals surface area contributed by atoms with Gasteiger partial charge >= 0.3 is 0 Å². The number of nitrogens with one attached hydrogen (secondary N) is 1. The monoisotopic (exact) mass is 363 g/mol. The van der Waals surface area contributed by atoms with Gasteiger partial charge in [0.25, 0.3) is 0 Å². The highest BCUT2D eigenvalue weighted by Crippen LogP contribution is 2.39. The molecule has 0 aliphatic carbocycles. The largest absolute Gasteiger partial charge is 0.352 e. The molecule has 26 heavy (non-hydrogen) atoms. The van der Waals surface area contributed by atoms with Crippen LogP contribution < -0.4 is 5.32 Å². The SMILES string of the molecule is Cc1ccc([C@H]2[C@H](c3ccccn3)NC(=S)N2Cc2ccccn2)n1C. The Bertz CT molecular complexity index is 906. The second-order valence-corrected chi connectivity index (χ2v) is 6.92. The fourth-order valence-corrected chi connectivity index (χ4v) is 3.80. The van der Waals surface area contributed by atoms with E-state index < -0.39 is 0 Å². The zero-order valence-corrected chi connectivity index (χ0v) is 15.6. The third kappa shape index (κ3) is 2.97. The van der Waals surface area contributed by atoms with Gasteiger partial charge in [-0.2, -0.15) is 0 Å². The topological polar surface area (TPSA) is 46.0 Å². The van der Waals surface area contributed by atoms with Crippen LogP contribution in [0, 0.1) is 6.92 Å². The zero-order valence-electron chi connectivity index (χ0n) is 14.8. The molecule has 2 atom stereocenters. The van der Waals surface area contributed by atoms with Crippen molar-refractivity contribution in [3.63, 3.8) is 0 Å². The summed E-state index contributed by atoms with van der Waals surface area (Å²) in [5.41, 5.74) is 4.41. The van der Waals surface area contributed by atoms with E-state index >= 15 is 0 Å². The molecule has 132 valence electrons. The average molecular weight is 363 g/mol. The molecule has 0 radical (unpaired) electrons. The molecule has 1 aliphatic rings. The highest BCUT2D eigenvalue weighted by atomic mass is 32.1. The van der Waals surface area contributed by atoms with Crippen LogP contribution >= 0.6 is 12.2 Å². The third-order valence-corrected chi connectivity index (χ3v) is 5.32. The molecule has 0 amide bonds. The summed E-state index contributed by atoms with van der Waals surface area (Å²) in [5.74, 6) is 0. The predicted molar refractivity (Wildman–Crippen MR) is 105 cm³/mol. The number of pyridine rings is 2. The van der Waals surface area contributed by atoms with Crippen molar-refractivity contribution in [1.82, 2.24) is 24.8 Å². The summed E-state index contributed by atoms with van der Waals surface area (Å²) in [6.45, 7) is 2.77. The van der Waals surface area contributed by atoms with Gasteiger partial charge in [0.2, 0.25) is 0 Å². The first kappa shape index (κ1) is 16.7. The van der Waals surface area contributed by atoms with Crippen LogP contribution in [0.4, 0.5) is 0 Å². The summed E-state index contributed by atoms with van der Waals surface area (Å²) in [6, 6.07) is 16.3. The number of rotatable bonds is 4. The Hall–Kier alpha value is -2.73. The molecule has 5 nitrogen and oxygen atoms in total. The maximum atomic E-state index is 5.69. The smallest absolute Gasteiger partial charge is 0.170 e. The highest BCUT2D eigenvalue weighted by molar-refractivity contribution is 7.80. The number of nitrogens with zero attached hydrogens (tertiary/aromatic N) is 4. The van der Waals surface area contributed by atoms with E-state index in [2.05, 4.69) is 50.9 Å². The van der Waals surface area contributed by atoms with Crippen LogP contribution in [0.1, 0.15) is 34.9 Å². The van der Waals surface area contributed by atoms with E-state index in [0.29, 0.717) is 6.54 Å². The van der Waals surface area contributed by atoms with Crippen LogP contribution in [0.3, 0.4) is 0 Å². The van der Waals surface area contributed by atoms with Crippen molar-refractivity contribution in [2.75, 3.05) is 0 Å². The molecule has 0 unspecified atom stereocenters. The van der Waals surface area contributed by atoms with Gasteiger partial charge in [-0.15, -0.1) is 0 Å². The van der Waals surface area contributed by atoms with Gasteiger partial charge in [0.05, 0.1) is 30.0 Å². The number of aromatic nitrogens is 3. The van der Waals surface area contributed by atoms with Crippen molar-refractivity contribution >= 4 is 17.3 Å². The fourth-order valence-electron chi connectivity index (χ4n) is 3.49. The second-order valence-electron chi connectivity index (χ2n) is 6.53. The summed E-state index contributed by atoms with van der Waals surface area (Å²) in [5, 5.41) is 4.21. The molecule has 1 fully saturated rings. The van der Waals surface area contributed by atoms with Gasteiger partial charge in [-0.05, 0) is 55.5 Å². The van der Waals surface area contributed by atoms with Crippen molar-refractivity contribution in [1.29, 1.82) is 0 Å². The van der Waals surface area contributed by atoms with Gasteiger partial charge in [-0.1, -0.05) is 12.1 Å². The molecule has 4 rings (SSSR count). The Morgan fingerprint density at radius 1 is 1.04 bits per heavy atom. The standard InChI is InChI=1S/C20H21N5S/c1-14-9-10-17(24(14)2)19-18(16-8-4-6-12-22-16)23-20(26)25(19)13-15-7-3-5-11-21-15/h3-12,18-19H,13H2,1-2H3,(H,23,26)/t18-,19-/m0/s1. The van der Waals surface area contributed by atoms with E-state index in [4.69, 9.17) is 12.2 Å². The van der Waals surface area contributed by atoms with Crippen molar-refractivity contribution < 1.29 is 0 Å². The zero-order chi connectivity index (χ0) is 18.1. The third-order valence-electron chi connectivity index (χ3n) is 4.97. The molecule has 0 spiro atoms. The molecule has 4 heterocycles. The van der Waals surface area contributed by atoms with E-state index in [1.54, 1.807) is 0 Å². The molecule has 0 saturated carbocycles. The van der Waals surface area contributed by atoms with Crippen molar-refractivity contribution in [2.24, 2.45) is 7.05 Å². The summed E-state index contributed by atoms with van der Waals surface area (Å²) in [4.78, 5) is 11.3. The summed E-state index contributed by atoms with van der Waals surface area (Å²) < 4.78 is 2.22. The molecule has 3 aromatic rings. The first-order chi connectivity index (χ1) is 12.6. The van der Waals surface area contributed by atoms with Crippen LogP contribution in [0.25, 0.3) is 0 Å². The van der Waals surface area contributed by atoms with Crippen LogP contribution in [0.2, 0.25) is 0 Å². The van der Waals surface area contributed by atoms with Crippen molar-refractivity contribution in [3.8, 4) is 0 Å². The molecular formula is C20H21N5S. The van der Waals surface area contributed by atoms with Gasteiger partial charge in [-0.3, -0.25) is 9.97 Å². The lowest BCUT2D eigenvalue weighted by molar-refractivity contribution is 0.296. The van der Waals surface area contributed by atoms with Crippen LogP contribution in [0.15, 0.2) is 60.9 Å². The van der Waals surface area contributed by atoms with E-state index in [0.717, 1.165) is 16.5 Å². The lowest BCUT2D eigenvalue weighted by Crippen LogP contribution is -2.30. The van der Waals surface area contributed by atoms with E-state index in [-0.39, 0.29) is 12.1 Å². The highest BCUT2D eigenvalue weighted by Gasteiger charge is 2.41. The number of hydrogen-bond donors (Lipinski definition) is 1. The van der Waals surface area contributed by atoms with Crippen molar-refractivity contribution in [3.05, 3.63) is 83.7 Å². The Balaban J connectivity index is 1.76. The lowest BCUT2D eigenvalue weighted by Gasteiger charge is -2.28. The Kier molecular flexibility index (Phi) is 4.42. The van der Waals surface area contributed by atoms with Gasteiger partial charge in [0.1, 0.15) is 0 Å². The minimum absolute atomic E-state index is 0.000382. The summed E-state index contributed by atoms with van der Waals surface area (Å²) >= 11 is 5.69. The number of aryl methyl sites for hydroxylation is 1. The Morgan fingerprint density at radius 2 is 1.81 bits per heavy atom. The second kappa shape index (κ2) is 6.88. The summed E-state index contributed by atoms with van der Waals surface area (Å²) in [7, 11) is 2.10. The first-order valence-electron chi connectivity index (χ1n) is 8.65. The van der Waals surface area contributed by atoms with E-state index in [1.807, 2.05) is 48.8 Å². The Morgan fingerprint density at radius 3 is 2.42 bits per heavy atom. The maximum Gasteiger partial charge on any atom is 0.170 e. The molecule has 1 N–H and O–H groups in total. The summed E-state index contributed by atoms with van der Waals surface area (Å²) in [6.07, 6.45) is 3.65. The van der Waals surface area contributed by atoms with Gasteiger partial charge in [-0.25, -0.2) is 0 Å². The van der Waals surface area contributed by atoms with E-state index in [9.17, 15) is 0 Å². The van der Waals surface area contributed by atoms with Gasteiger partial charge < -0.3 is 14.8 Å². The fraction of sp³-hybridized carbons (Fsp3) is 0.250. The van der Waals surface area contributed by atoms with Crippen molar-refractivity contribution in [2.45, 2.75) is 25.6 Å². The molecule has 0 bridgehead atoms. The molecule has 1 saturated heterocycles. The molecule has 1 aliphatic heterocycles. The normalized spacial score (nSPS) is 19.6. The number of hydrogen-bond acceptors (Lipinski definition) is 3. The first-order valence-corrected chi connectivity index (χ1v) is 9.06. The minimum atomic E-state index is 0.000382. The molecular weight excluding hydrogens is 342 g/mol. The molecule has 6 heteroatoms. The van der Waals surface area contributed by atoms with E-state index in [1.165, 1.54) is 11.4 Å². The van der Waals surface area contributed by atoms with Crippen LogP contribution in [-0.4, -0.2) is 24.5 Å². The molecule has 3 aromatic heterocycles. The maximum absolute atomic E-state index is 5.69. The average Bonchev–Trinajstić information content (AvgIpc) is 3.17. The molecule has 0 aromatic carbocycles. The van der Waals surface area contributed by atoms with Crippen LogP contribution in [0.5, 0.6) is 0 Å². The minimum Gasteiger partial charge on any atom is -0.352 e. The predicted octanol–water partition coefficient (Wildman–Crippen LogP) is 3.30. The van der Waals surface area contributed by atoms with Gasteiger partial charge in [0.15, 0.2) is 5.11 Å². The quantitative estimate of drug-likeness (QED) is 0.721. The Labute approximate surface area is 158 Å². The van der Waals surface area contributed by atoms with Crippen LogP contribution in [-0.2, 0) is 13.6 Å². The van der Waals surface area contributed by atoms with Gasteiger partial charge in [0, 0.05) is 30.8 Å². The lowest BCUT2D eigenvalue weighted by atomic mass is 10.0.